The van der Waals surface area contributed by atoms with Gasteiger partial charge < -0.3 is 16.2 Å². The van der Waals surface area contributed by atoms with E-state index in [1.807, 2.05) is 24.3 Å². The molecule has 0 heterocycles. The number of ether oxygens (including phenoxy) is 1. The monoisotopic (exact) mass is 345 g/mol. The summed E-state index contributed by atoms with van der Waals surface area (Å²) in [5, 5.41) is 9.30. The summed E-state index contributed by atoms with van der Waals surface area (Å²) in [6.45, 7) is 1.90. The molecule has 0 radical (unpaired) electrons. The molecular formula is C17H18ClFLiNO3. The topological polar surface area (TPSA) is 49.8 Å². The molecule has 0 saturated heterocycles. The van der Waals surface area contributed by atoms with Gasteiger partial charge in [-0.3, -0.25) is 0 Å². The number of benzene rings is 2. The van der Waals surface area contributed by atoms with E-state index in [4.69, 9.17) is 16.3 Å². The summed E-state index contributed by atoms with van der Waals surface area (Å²) in [6.07, 6.45) is 0. The van der Waals surface area contributed by atoms with Crippen LogP contribution in [0.25, 0.3) is 0 Å². The van der Waals surface area contributed by atoms with E-state index in [-0.39, 0.29) is 25.3 Å². The van der Waals surface area contributed by atoms with Gasteiger partial charge >= 0.3 is 24.8 Å². The van der Waals surface area contributed by atoms with Gasteiger partial charge in [-0.2, -0.15) is 0 Å². The number of hydrogen-bond donors (Lipinski definition) is 1. The average Bonchev–Trinajstić information content (AvgIpc) is 2.54. The second-order valence-corrected chi connectivity index (χ2v) is 5.50. The number of halogens is 2. The number of anilines is 1. The Bertz CT molecular complexity index is 720. The van der Waals surface area contributed by atoms with Gasteiger partial charge in [-0.25, -0.2) is 9.18 Å². The smallest absolute Gasteiger partial charge is 1.00 e. The van der Waals surface area contributed by atoms with Crippen molar-refractivity contribution in [2.24, 2.45) is 0 Å². The molecule has 1 atom stereocenters. The molecule has 0 aromatic heterocycles. The van der Waals surface area contributed by atoms with Crippen LogP contribution in [-0.2, 0) is 11.3 Å². The van der Waals surface area contributed by atoms with E-state index in [2.05, 4.69) is 0 Å². The molecule has 2 aromatic rings. The molecule has 24 heavy (non-hydrogen) atoms. The third kappa shape index (κ3) is 4.91. The number of hydrogen-bond acceptors (Lipinski definition) is 3. The molecule has 0 spiro atoms. The summed E-state index contributed by atoms with van der Waals surface area (Å²) in [4.78, 5) is 13.0. The number of rotatable bonds is 6. The van der Waals surface area contributed by atoms with Crippen molar-refractivity contribution in [3.8, 4) is 5.75 Å². The van der Waals surface area contributed by atoms with E-state index in [9.17, 15) is 14.3 Å². The molecule has 0 aliphatic heterocycles. The fraction of sp³-hybridized carbons (Fsp3) is 0.235. The second-order valence-electron chi connectivity index (χ2n) is 5.09. The zero-order chi connectivity index (χ0) is 17.0. The SMILES string of the molecule is COc1cccc(CN(c2ccc(F)c(Cl)c2)C(C)C(=O)O)c1.[H-].[Li+]. The Balaban J connectivity index is 0.00000288. The Morgan fingerprint density at radius 2 is 2.08 bits per heavy atom. The second kappa shape index (κ2) is 8.98. The summed E-state index contributed by atoms with van der Waals surface area (Å²) >= 11 is 5.82. The zero-order valence-corrected chi connectivity index (χ0v) is 14.5. The van der Waals surface area contributed by atoms with E-state index in [0.717, 1.165) is 5.56 Å². The van der Waals surface area contributed by atoms with Crippen molar-refractivity contribution in [1.29, 1.82) is 0 Å². The molecule has 124 valence electrons. The molecule has 0 saturated carbocycles. The first-order valence-electron chi connectivity index (χ1n) is 7.00. The Morgan fingerprint density at radius 3 is 2.67 bits per heavy atom. The van der Waals surface area contributed by atoms with Crippen molar-refractivity contribution in [3.05, 3.63) is 58.9 Å². The maximum atomic E-state index is 13.4. The van der Waals surface area contributed by atoms with Crippen LogP contribution in [0.5, 0.6) is 5.75 Å². The molecule has 7 heteroatoms. The van der Waals surface area contributed by atoms with Crippen LogP contribution in [0.4, 0.5) is 10.1 Å². The third-order valence-electron chi connectivity index (χ3n) is 3.55. The molecule has 1 N–H and O–H groups in total. The molecule has 0 amide bonds. The van der Waals surface area contributed by atoms with Gasteiger partial charge in [-0.1, -0.05) is 23.7 Å². The van der Waals surface area contributed by atoms with E-state index < -0.39 is 17.8 Å². The van der Waals surface area contributed by atoms with E-state index in [0.29, 0.717) is 18.0 Å². The number of carboxylic acid groups (broad SMARTS) is 1. The van der Waals surface area contributed by atoms with E-state index in [1.165, 1.54) is 18.2 Å². The van der Waals surface area contributed by atoms with Crippen molar-refractivity contribution in [3.63, 3.8) is 0 Å². The van der Waals surface area contributed by atoms with Gasteiger partial charge in [0.1, 0.15) is 17.6 Å². The quantitative estimate of drug-likeness (QED) is 0.796. The molecule has 2 rings (SSSR count). The van der Waals surface area contributed by atoms with Crippen molar-refractivity contribution < 1.29 is 39.3 Å². The Morgan fingerprint density at radius 1 is 1.38 bits per heavy atom. The average molecular weight is 346 g/mol. The number of methoxy groups -OCH3 is 1. The minimum atomic E-state index is -0.978. The van der Waals surface area contributed by atoms with E-state index in [1.54, 1.807) is 18.9 Å². The van der Waals surface area contributed by atoms with Crippen molar-refractivity contribution in [1.82, 2.24) is 0 Å². The van der Waals surface area contributed by atoms with Crippen molar-refractivity contribution >= 4 is 23.3 Å². The predicted molar refractivity (Wildman–Crippen MR) is 88.8 cm³/mol. The van der Waals surface area contributed by atoms with Gasteiger partial charge in [0.25, 0.3) is 0 Å². The minimum absolute atomic E-state index is 0. The van der Waals surface area contributed by atoms with Crippen LogP contribution in [0.15, 0.2) is 42.5 Å². The predicted octanol–water partition coefficient (Wildman–Crippen LogP) is 1.08. The van der Waals surface area contributed by atoms with Gasteiger partial charge in [0.2, 0.25) is 0 Å². The van der Waals surface area contributed by atoms with Crippen molar-refractivity contribution in [2.75, 3.05) is 12.0 Å². The first-order chi connectivity index (χ1) is 10.9. The molecule has 0 aliphatic rings. The first-order valence-corrected chi connectivity index (χ1v) is 7.37. The van der Waals surface area contributed by atoms with Crippen LogP contribution in [0, 0.1) is 5.82 Å². The minimum Gasteiger partial charge on any atom is -1.00 e. The molecular weight excluding hydrogens is 328 g/mol. The fourth-order valence-electron chi connectivity index (χ4n) is 2.22. The number of carbonyl (C=O) groups is 1. The summed E-state index contributed by atoms with van der Waals surface area (Å²) in [5.41, 5.74) is 1.41. The molecule has 0 bridgehead atoms. The van der Waals surface area contributed by atoms with Crippen LogP contribution < -0.4 is 28.5 Å². The maximum absolute atomic E-state index is 13.4. The first kappa shape index (κ1) is 20.4. The molecule has 2 aromatic carbocycles. The Hall–Kier alpha value is -1.67. The van der Waals surface area contributed by atoms with Crippen molar-refractivity contribution in [2.45, 2.75) is 19.5 Å². The van der Waals surface area contributed by atoms with Gasteiger partial charge in [0.15, 0.2) is 0 Å². The van der Waals surface area contributed by atoms with Gasteiger partial charge in [-0.15, -0.1) is 0 Å². The molecule has 0 fully saturated rings. The van der Waals surface area contributed by atoms with Gasteiger partial charge in [-0.05, 0) is 42.8 Å². The van der Waals surface area contributed by atoms with Crippen LogP contribution in [0.2, 0.25) is 5.02 Å². The van der Waals surface area contributed by atoms with E-state index >= 15 is 0 Å². The van der Waals surface area contributed by atoms with Crippen LogP contribution in [0.1, 0.15) is 13.9 Å². The Labute approximate surface area is 158 Å². The number of nitrogens with zero attached hydrogens (tertiary/aromatic N) is 1. The molecule has 0 aliphatic carbocycles. The standard InChI is InChI=1S/C17H17ClFNO3.Li.H/c1-11(17(21)22)20(13-6-7-16(19)15(18)9-13)10-12-4-3-5-14(8-12)23-2;;/h3-9,11H,10H2,1-2H3,(H,21,22);;/q;+1;-1. The van der Waals surface area contributed by atoms with Crippen LogP contribution in [0.3, 0.4) is 0 Å². The number of carboxylic acids is 1. The Kier molecular flexibility index (Phi) is 7.62. The maximum Gasteiger partial charge on any atom is 1.00 e. The normalized spacial score (nSPS) is 11.3. The summed E-state index contributed by atoms with van der Waals surface area (Å²) < 4.78 is 18.5. The largest absolute Gasteiger partial charge is 1.00 e. The van der Waals surface area contributed by atoms with Gasteiger partial charge in [0.05, 0.1) is 12.1 Å². The fourth-order valence-corrected chi connectivity index (χ4v) is 2.39. The summed E-state index contributed by atoms with van der Waals surface area (Å²) in [6, 6.07) is 10.7. The van der Waals surface area contributed by atoms with Crippen LogP contribution in [-0.4, -0.2) is 24.2 Å². The zero-order valence-electron chi connectivity index (χ0n) is 14.8. The summed E-state index contributed by atoms with van der Waals surface area (Å²) in [5.74, 6) is -0.837. The van der Waals surface area contributed by atoms with Crippen LogP contribution >= 0.6 is 11.6 Å². The number of aliphatic carboxylic acids is 1. The summed E-state index contributed by atoms with van der Waals surface area (Å²) in [7, 11) is 1.57. The third-order valence-corrected chi connectivity index (χ3v) is 3.84. The molecule has 1 unspecified atom stereocenters. The molecule has 4 nitrogen and oxygen atoms in total. The van der Waals surface area contributed by atoms with Gasteiger partial charge in [0, 0.05) is 12.2 Å².